The van der Waals surface area contributed by atoms with Gasteiger partial charge < -0.3 is 0 Å². The largest absolute Gasteiger partial charge is 0.0836 e. The van der Waals surface area contributed by atoms with E-state index < -0.39 is 0 Å². The molecule has 0 N–H and O–H groups in total. The Bertz CT molecular complexity index is 547. The van der Waals surface area contributed by atoms with Crippen LogP contribution in [0.2, 0.25) is 0 Å². The van der Waals surface area contributed by atoms with E-state index in [-0.39, 0.29) is 0 Å². The molecule has 0 aliphatic rings. The molecule has 0 spiro atoms. The molecule has 0 aromatic heterocycles. The fourth-order valence-corrected chi connectivity index (χ4v) is 2.41. The molecule has 0 aliphatic carbocycles. The Kier molecular flexibility index (Phi) is 4.59. The second-order valence-corrected chi connectivity index (χ2v) is 5.08. The molecule has 0 bridgehead atoms. The molecule has 96 valence electrons. The van der Waals surface area contributed by atoms with Crippen molar-refractivity contribution in [3.05, 3.63) is 88.5 Å². The van der Waals surface area contributed by atoms with E-state index in [2.05, 4.69) is 38.1 Å². The summed E-state index contributed by atoms with van der Waals surface area (Å²) in [4.78, 5) is 0. The third-order valence-corrected chi connectivity index (χ3v) is 3.08. The Hall–Kier alpha value is -1.79. The predicted molar refractivity (Wildman–Crippen MR) is 84.2 cm³/mol. The maximum Gasteiger partial charge on any atom is 0.0489 e. The Morgan fingerprint density at radius 2 is 1.21 bits per heavy atom. The van der Waals surface area contributed by atoms with Gasteiger partial charge in [-0.2, -0.15) is 0 Å². The van der Waals surface area contributed by atoms with Crippen molar-refractivity contribution in [3.63, 3.8) is 0 Å². The van der Waals surface area contributed by atoms with E-state index in [9.17, 15) is 0 Å². The van der Waals surface area contributed by atoms with Gasteiger partial charge in [-0.05, 0) is 31.1 Å². The fraction of sp³-hybridized carbons (Fsp3) is 0.111. The smallest absolute Gasteiger partial charge is 0.0489 e. The highest BCUT2D eigenvalue weighted by Crippen LogP contribution is 2.29. The summed E-state index contributed by atoms with van der Waals surface area (Å²) in [6.07, 6.45) is 2.01. The molecule has 0 heterocycles. The zero-order valence-electron chi connectivity index (χ0n) is 11.2. The first-order chi connectivity index (χ1) is 9.18. The van der Waals surface area contributed by atoms with Crippen LogP contribution in [-0.2, 0) is 0 Å². The molecule has 0 radical (unpaired) electrons. The molecule has 0 aliphatic heterocycles. The van der Waals surface area contributed by atoms with Crippen LogP contribution in [-0.4, -0.2) is 0 Å². The van der Waals surface area contributed by atoms with Gasteiger partial charge in [0.2, 0.25) is 0 Å². The van der Waals surface area contributed by atoms with Gasteiger partial charge in [0.05, 0.1) is 0 Å². The summed E-state index contributed by atoms with van der Waals surface area (Å²) in [5, 5.41) is 0.775. The number of benzene rings is 2. The second kappa shape index (κ2) is 6.40. The zero-order chi connectivity index (χ0) is 13.7. The molecule has 0 amide bonds. The Labute approximate surface area is 120 Å². The van der Waals surface area contributed by atoms with Crippen molar-refractivity contribution >= 4 is 17.2 Å². The highest BCUT2D eigenvalue weighted by Gasteiger charge is 2.08. The van der Waals surface area contributed by atoms with Gasteiger partial charge in [0.25, 0.3) is 0 Å². The molecule has 0 nitrogen and oxygen atoms in total. The van der Waals surface area contributed by atoms with E-state index in [1.165, 1.54) is 5.57 Å². The van der Waals surface area contributed by atoms with E-state index in [1.807, 2.05) is 42.5 Å². The van der Waals surface area contributed by atoms with Gasteiger partial charge >= 0.3 is 0 Å². The van der Waals surface area contributed by atoms with Crippen LogP contribution in [0.5, 0.6) is 0 Å². The lowest BCUT2D eigenvalue weighted by molar-refractivity contribution is 1.39. The van der Waals surface area contributed by atoms with Crippen LogP contribution in [0.3, 0.4) is 0 Å². The third kappa shape index (κ3) is 3.59. The van der Waals surface area contributed by atoms with E-state index >= 15 is 0 Å². The van der Waals surface area contributed by atoms with E-state index in [0.29, 0.717) is 0 Å². The van der Waals surface area contributed by atoms with E-state index in [4.69, 9.17) is 11.6 Å². The average Bonchev–Trinajstić information content (AvgIpc) is 2.40. The van der Waals surface area contributed by atoms with Crippen molar-refractivity contribution in [2.75, 3.05) is 0 Å². The van der Waals surface area contributed by atoms with Crippen molar-refractivity contribution in [1.29, 1.82) is 0 Å². The topological polar surface area (TPSA) is 0 Å². The molecule has 0 unspecified atom stereocenters. The van der Waals surface area contributed by atoms with Crippen molar-refractivity contribution in [2.45, 2.75) is 13.8 Å². The minimum absolute atomic E-state index is 0.775. The first-order valence-electron chi connectivity index (χ1n) is 6.34. The lowest BCUT2D eigenvalue weighted by atomic mass is 9.97. The molecule has 19 heavy (non-hydrogen) atoms. The highest BCUT2D eigenvalue weighted by atomic mass is 35.5. The summed E-state index contributed by atoms with van der Waals surface area (Å²) < 4.78 is 0. The zero-order valence-corrected chi connectivity index (χ0v) is 12.0. The molecule has 0 atom stereocenters. The molecular formula is C18H17Cl. The molecule has 2 aromatic rings. The molecule has 2 aromatic carbocycles. The number of allylic oxidation sites excluding steroid dienone is 3. The molecule has 2 rings (SSSR count). The second-order valence-electron chi connectivity index (χ2n) is 4.68. The summed E-state index contributed by atoms with van der Waals surface area (Å²) in [6.45, 7) is 4.10. The van der Waals surface area contributed by atoms with Gasteiger partial charge in [0.15, 0.2) is 0 Å². The Morgan fingerprint density at radius 1 is 0.789 bits per heavy atom. The minimum Gasteiger partial charge on any atom is -0.0836 e. The Balaban J connectivity index is 2.62. The molecule has 0 saturated carbocycles. The van der Waals surface area contributed by atoms with Crippen molar-refractivity contribution in [2.24, 2.45) is 0 Å². The number of rotatable bonds is 3. The van der Waals surface area contributed by atoms with Gasteiger partial charge in [-0.3, -0.25) is 0 Å². The van der Waals surface area contributed by atoms with E-state index in [0.717, 1.165) is 21.7 Å². The van der Waals surface area contributed by atoms with Crippen LogP contribution < -0.4 is 0 Å². The van der Waals surface area contributed by atoms with Gasteiger partial charge in [-0.15, -0.1) is 0 Å². The lowest BCUT2D eigenvalue weighted by Crippen LogP contribution is -1.90. The van der Waals surface area contributed by atoms with Crippen LogP contribution in [0.1, 0.15) is 25.0 Å². The van der Waals surface area contributed by atoms with Crippen LogP contribution in [0, 0.1) is 0 Å². The first-order valence-corrected chi connectivity index (χ1v) is 6.72. The Morgan fingerprint density at radius 3 is 1.58 bits per heavy atom. The van der Waals surface area contributed by atoms with Crippen LogP contribution in [0.15, 0.2) is 77.3 Å². The quantitative estimate of drug-likeness (QED) is 0.631. The number of hydrogen-bond donors (Lipinski definition) is 0. The van der Waals surface area contributed by atoms with Gasteiger partial charge in [0.1, 0.15) is 0 Å². The first kappa shape index (κ1) is 13.6. The van der Waals surface area contributed by atoms with Crippen molar-refractivity contribution < 1.29 is 0 Å². The summed E-state index contributed by atoms with van der Waals surface area (Å²) in [5.74, 6) is 0. The standard InChI is InChI=1S/C18H17Cl/c1-14(2)13-17(19)18(15-9-5-3-6-10-15)16-11-7-4-8-12-16/h3-13H,1-2H3. The maximum atomic E-state index is 6.51. The highest BCUT2D eigenvalue weighted by molar-refractivity contribution is 6.35. The number of halogens is 1. The third-order valence-electron chi connectivity index (χ3n) is 2.78. The monoisotopic (exact) mass is 268 g/mol. The molecule has 0 fully saturated rings. The SMILES string of the molecule is CC(C)=CC(Cl)=C(c1ccccc1)c1ccccc1. The van der Waals surface area contributed by atoms with Crippen molar-refractivity contribution in [3.8, 4) is 0 Å². The van der Waals surface area contributed by atoms with E-state index in [1.54, 1.807) is 0 Å². The van der Waals surface area contributed by atoms with Crippen LogP contribution in [0.4, 0.5) is 0 Å². The van der Waals surface area contributed by atoms with Gasteiger partial charge in [0, 0.05) is 10.6 Å². The summed E-state index contributed by atoms with van der Waals surface area (Å²) in [6, 6.07) is 20.5. The molecular weight excluding hydrogens is 252 g/mol. The lowest BCUT2D eigenvalue weighted by Gasteiger charge is -2.10. The predicted octanol–water partition coefficient (Wildman–Crippen LogP) is 5.65. The average molecular weight is 269 g/mol. The van der Waals surface area contributed by atoms with Crippen molar-refractivity contribution in [1.82, 2.24) is 0 Å². The summed E-state index contributed by atoms with van der Waals surface area (Å²) >= 11 is 6.51. The maximum absolute atomic E-state index is 6.51. The fourth-order valence-electron chi connectivity index (χ4n) is 1.98. The van der Waals surface area contributed by atoms with Gasteiger partial charge in [-0.1, -0.05) is 77.8 Å². The molecule has 1 heteroatoms. The van der Waals surface area contributed by atoms with Crippen LogP contribution in [0.25, 0.3) is 5.57 Å². The normalized spacial score (nSPS) is 9.84. The minimum atomic E-state index is 0.775. The van der Waals surface area contributed by atoms with Gasteiger partial charge in [-0.25, -0.2) is 0 Å². The summed E-state index contributed by atoms with van der Waals surface area (Å²) in [5.41, 5.74) is 4.53. The molecule has 0 saturated heterocycles. The number of hydrogen-bond acceptors (Lipinski definition) is 0. The summed E-state index contributed by atoms with van der Waals surface area (Å²) in [7, 11) is 0. The van der Waals surface area contributed by atoms with Crippen LogP contribution >= 0.6 is 11.6 Å².